The Balaban J connectivity index is 3.03. The summed E-state index contributed by atoms with van der Waals surface area (Å²) >= 11 is 0. The minimum atomic E-state index is -0.282. The zero-order chi connectivity index (χ0) is 28.3. The van der Waals surface area contributed by atoms with Gasteiger partial charge in [0.2, 0.25) is 0 Å². The van der Waals surface area contributed by atoms with Crippen LogP contribution in [0.4, 0.5) is 0 Å². The van der Waals surface area contributed by atoms with Crippen LogP contribution in [0.2, 0.25) is 0 Å². The maximum absolute atomic E-state index is 10.9. The van der Waals surface area contributed by atoms with Crippen molar-refractivity contribution >= 4 is 5.97 Å². The molecule has 0 aromatic carbocycles. The molecule has 0 N–H and O–H groups in total. The number of methoxy groups -OCH3 is 1. The highest BCUT2D eigenvalue weighted by atomic mass is 16.6. The Morgan fingerprint density at radius 2 is 0.641 bits per heavy atom. The second-order valence-corrected chi connectivity index (χ2v) is 8.16. The third-order valence-corrected chi connectivity index (χ3v) is 4.92. The Hall–Kier alpha value is -0.930. The van der Waals surface area contributed by atoms with Crippen LogP contribution < -0.4 is 0 Å². The molecule has 0 atom stereocenters. The van der Waals surface area contributed by atoms with Gasteiger partial charge in [-0.1, -0.05) is 19.8 Å². The summed E-state index contributed by atoms with van der Waals surface area (Å²) in [6.45, 7) is 12.7. The number of ether oxygens (including phenoxy) is 11. The lowest BCUT2D eigenvalue weighted by molar-refractivity contribution is -0.141. The standard InChI is InChI=1S/C27H54O12/c1-3-4-5-7-30-9-11-32-13-15-34-17-19-36-21-23-38-25-26-39-24-22-37-20-18-35-16-14-33-12-10-31-8-6-27(28)29-2/h3-26H2,1-2H3. The topological polar surface area (TPSA) is 119 Å². The molecule has 0 aliphatic rings. The van der Waals surface area contributed by atoms with E-state index < -0.39 is 0 Å². The van der Waals surface area contributed by atoms with E-state index in [1.54, 1.807) is 0 Å². The van der Waals surface area contributed by atoms with E-state index in [1.165, 1.54) is 20.0 Å². The summed E-state index contributed by atoms with van der Waals surface area (Å²) < 4.78 is 58.7. The molecule has 0 fully saturated rings. The number of carbonyl (C=O) groups is 1. The summed E-state index contributed by atoms with van der Waals surface area (Å²) in [5.74, 6) is -0.282. The minimum Gasteiger partial charge on any atom is -0.469 e. The number of hydrogen-bond acceptors (Lipinski definition) is 12. The van der Waals surface area contributed by atoms with Gasteiger partial charge in [0.1, 0.15) is 0 Å². The molecule has 0 unspecified atom stereocenters. The molecule has 234 valence electrons. The van der Waals surface area contributed by atoms with Crippen LogP contribution in [0.25, 0.3) is 0 Å². The van der Waals surface area contributed by atoms with Crippen LogP contribution in [0, 0.1) is 0 Å². The zero-order valence-electron chi connectivity index (χ0n) is 24.4. The highest BCUT2D eigenvalue weighted by Gasteiger charge is 1.99. The molecule has 0 aromatic rings. The van der Waals surface area contributed by atoms with Crippen LogP contribution in [0.15, 0.2) is 0 Å². The van der Waals surface area contributed by atoms with Gasteiger partial charge < -0.3 is 52.1 Å². The number of rotatable bonds is 34. The highest BCUT2D eigenvalue weighted by molar-refractivity contribution is 5.69. The molecule has 0 saturated carbocycles. The van der Waals surface area contributed by atoms with Gasteiger partial charge in [-0.25, -0.2) is 0 Å². The lowest BCUT2D eigenvalue weighted by Gasteiger charge is -2.09. The van der Waals surface area contributed by atoms with Gasteiger partial charge in [0.15, 0.2) is 0 Å². The van der Waals surface area contributed by atoms with E-state index in [-0.39, 0.29) is 12.4 Å². The van der Waals surface area contributed by atoms with Gasteiger partial charge in [0, 0.05) is 6.61 Å². The zero-order valence-corrected chi connectivity index (χ0v) is 24.4. The van der Waals surface area contributed by atoms with Gasteiger partial charge in [-0.3, -0.25) is 4.79 Å². The monoisotopic (exact) mass is 570 g/mol. The Morgan fingerprint density at radius 3 is 0.897 bits per heavy atom. The molecule has 0 rings (SSSR count). The normalized spacial score (nSPS) is 11.3. The molecule has 0 aliphatic heterocycles. The van der Waals surface area contributed by atoms with Crippen LogP contribution in [-0.2, 0) is 56.9 Å². The molecule has 12 nitrogen and oxygen atoms in total. The van der Waals surface area contributed by atoms with E-state index in [1.807, 2.05) is 0 Å². The van der Waals surface area contributed by atoms with Crippen molar-refractivity contribution in [3.63, 3.8) is 0 Å². The summed E-state index contributed by atoms with van der Waals surface area (Å²) in [5, 5.41) is 0. The molecule has 0 aromatic heterocycles. The molecule has 0 radical (unpaired) electrons. The van der Waals surface area contributed by atoms with Gasteiger partial charge in [0.05, 0.1) is 139 Å². The van der Waals surface area contributed by atoms with E-state index >= 15 is 0 Å². The number of carbonyl (C=O) groups excluding carboxylic acids is 1. The predicted molar refractivity (Wildman–Crippen MR) is 144 cm³/mol. The summed E-state index contributed by atoms with van der Waals surface area (Å²) in [4.78, 5) is 10.9. The van der Waals surface area contributed by atoms with Crippen LogP contribution in [0.3, 0.4) is 0 Å². The van der Waals surface area contributed by atoms with Gasteiger partial charge in [-0.15, -0.1) is 0 Å². The maximum atomic E-state index is 10.9. The van der Waals surface area contributed by atoms with E-state index in [9.17, 15) is 4.79 Å². The van der Waals surface area contributed by atoms with Crippen molar-refractivity contribution in [1.29, 1.82) is 0 Å². The Labute approximate surface area is 235 Å². The first kappa shape index (κ1) is 38.1. The number of esters is 1. The smallest absolute Gasteiger partial charge is 0.307 e. The van der Waals surface area contributed by atoms with Crippen LogP contribution >= 0.6 is 0 Å². The molecule has 0 aliphatic carbocycles. The van der Waals surface area contributed by atoms with Gasteiger partial charge >= 0.3 is 5.97 Å². The summed E-state index contributed by atoms with van der Waals surface area (Å²) in [6, 6.07) is 0. The first-order valence-electron chi connectivity index (χ1n) is 14.2. The molecular formula is C27H54O12. The molecule has 0 heterocycles. The first-order chi connectivity index (χ1) is 19.3. The van der Waals surface area contributed by atoms with E-state index in [2.05, 4.69) is 11.7 Å². The molecule has 0 spiro atoms. The van der Waals surface area contributed by atoms with Crippen LogP contribution in [0.5, 0.6) is 0 Å². The first-order valence-corrected chi connectivity index (χ1v) is 14.2. The fourth-order valence-corrected chi connectivity index (χ4v) is 2.79. The molecular weight excluding hydrogens is 516 g/mol. The van der Waals surface area contributed by atoms with Gasteiger partial charge in [-0.2, -0.15) is 0 Å². The fourth-order valence-electron chi connectivity index (χ4n) is 2.79. The second kappa shape index (κ2) is 35.1. The van der Waals surface area contributed by atoms with E-state index in [0.29, 0.717) is 126 Å². The Kier molecular flexibility index (Phi) is 34.3. The van der Waals surface area contributed by atoms with Gasteiger partial charge in [-0.05, 0) is 6.42 Å². The van der Waals surface area contributed by atoms with Crippen molar-refractivity contribution in [3.05, 3.63) is 0 Å². The molecule has 0 saturated heterocycles. The summed E-state index contributed by atoms with van der Waals surface area (Å²) in [6.07, 6.45) is 3.79. The number of unbranched alkanes of at least 4 members (excludes halogenated alkanes) is 2. The lowest BCUT2D eigenvalue weighted by Crippen LogP contribution is -2.15. The summed E-state index contributed by atoms with van der Waals surface area (Å²) in [7, 11) is 1.35. The second-order valence-electron chi connectivity index (χ2n) is 8.16. The molecule has 12 heteroatoms. The minimum absolute atomic E-state index is 0.249. The third kappa shape index (κ3) is 35.0. The Bertz CT molecular complexity index is 470. The Morgan fingerprint density at radius 1 is 0.385 bits per heavy atom. The third-order valence-electron chi connectivity index (χ3n) is 4.92. The molecule has 0 bridgehead atoms. The van der Waals surface area contributed by atoms with Crippen LogP contribution in [-0.4, -0.2) is 145 Å². The lowest BCUT2D eigenvalue weighted by atomic mass is 10.3. The molecule has 0 amide bonds. The highest BCUT2D eigenvalue weighted by Crippen LogP contribution is 1.94. The van der Waals surface area contributed by atoms with Crippen molar-refractivity contribution in [2.24, 2.45) is 0 Å². The average molecular weight is 571 g/mol. The van der Waals surface area contributed by atoms with Gasteiger partial charge in [0.25, 0.3) is 0 Å². The largest absolute Gasteiger partial charge is 0.469 e. The maximum Gasteiger partial charge on any atom is 0.307 e. The van der Waals surface area contributed by atoms with E-state index in [4.69, 9.17) is 47.4 Å². The van der Waals surface area contributed by atoms with Crippen LogP contribution in [0.1, 0.15) is 32.6 Å². The SMILES string of the molecule is CCCCCOCCOCCOCCOCCOCCOCCOCCOCCOCCOCCC(=O)OC. The van der Waals surface area contributed by atoms with Crippen molar-refractivity contribution in [1.82, 2.24) is 0 Å². The quantitative estimate of drug-likeness (QED) is 0.0830. The fraction of sp³-hybridized carbons (Fsp3) is 0.963. The van der Waals surface area contributed by atoms with Crippen molar-refractivity contribution in [3.8, 4) is 0 Å². The average Bonchev–Trinajstić information content (AvgIpc) is 2.95. The predicted octanol–water partition coefficient (Wildman–Crippen LogP) is 1.91. The van der Waals surface area contributed by atoms with Crippen molar-refractivity contribution in [2.45, 2.75) is 32.6 Å². The van der Waals surface area contributed by atoms with Crippen molar-refractivity contribution < 1.29 is 56.9 Å². The van der Waals surface area contributed by atoms with Crippen molar-refractivity contribution in [2.75, 3.05) is 139 Å². The summed E-state index contributed by atoms with van der Waals surface area (Å²) in [5.41, 5.74) is 0. The number of hydrogen-bond donors (Lipinski definition) is 0. The molecule has 39 heavy (non-hydrogen) atoms. The van der Waals surface area contributed by atoms with E-state index in [0.717, 1.165) is 13.0 Å².